The molecule has 110 valence electrons. The van der Waals surface area contributed by atoms with Crippen molar-refractivity contribution in [1.29, 1.82) is 0 Å². The number of nitrogens with zero attached hydrogens (tertiary/aromatic N) is 2. The summed E-state index contributed by atoms with van der Waals surface area (Å²) in [5.74, 6) is 0.905. The third-order valence-electron chi connectivity index (χ3n) is 2.52. The van der Waals surface area contributed by atoms with Crippen LogP contribution in [-0.4, -0.2) is 42.8 Å². The van der Waals surface area contributed by atoms with Gasteiger partial charge in [-0.1, -0.05) is 20.8 Å². The van der Waals surface area contributed by atoms with Crippen LogP contribution in [0.4, 0.5) is 5.13 Å². The summed E-state index contributed by atoms with van der Waals surface area (Å²) >= 11 is 1.43. The van der Waals surface area contributed by atoms with Crippen LogP contribution in [0, 0.1) is 0 Å². The van der Waals surface area contributed by atoms with Gasteiger partial charge in [0.05, 0.1) is 13.2 Å². The molecule has 0 saturated heterocycles. The quantitative estimate of drug-likeness (QED) is 0.708. The van der Waals surface area contributed by atoms with Crippen LogP contribution in [0.2, 0.25) is 0 Å². The first-order valence-corrected chi connectivity index (χ1v) is 7.46. The number of anilines is 1. The highest BCUT2D eigenvalue weighted by Crippen LogP contribution is 2.22. The van der Waals surface area contributed by atoms with Gasteiger partial charge in [0.15, 0.2) is 0 Å². The van der Waals surface area contributed by atoms with E-state index in [1.807, 2.05) is 0 Å². The maximum atomic E-state index is 5.40. The van der Waals surface area contributed by atoms with Crippen molar-refractivity contribution < 1.29 is 9.47 Å². The van der Waals surface area contributed by atoms with Crippen molar-refractivity contribution in [3.05, 3.63) is 5.82 Å². The Bertz CT molecular complexity index is 350. The zero-order valence-electron chi connectivity index (χ0n) is 12.4. The number of hydrogen-bond acceptors (Lipinski definition) is 6. The lowest BCUT2D eigenvalue weighted by Crippen LogP contribution is -2.13. The van der Waals surface area contributed by atoms with E-state index in [2.05, 4.69) is 35.4 Å². The third-order valence-corrected chi connectivity index (χ3v) is 3.19. The highest BCUT2D eigenvalue weighted by Gasteiger charge is 2.19. The Labute approximate surface area is 119 Å². The zero-order chi connectivity index (χ0) is 14.1. The monoisotopic (exact) mass is 287 g/mol. The lowest BCUT2D eigenvalue weighted by atomic mass is 9.96. The van der Waals surface area contributed by atoms with E-state index >= 15 is 0 Å². The van der Waals surface area contributed by atoms with Crippen LogP contribution in [0.25, 0.3) is 0 Å². The Morgan fingerprint density at radius 3 is 2.58 bits per heavy atom. The van der Waals surface area contributed by atoms with Gasteiger partial charge in [-0.2, -0.15) is 4.37 Å². The average molecular weight is 287 g/mol. The fourth-order valence-electron chi connectivity index (χ4n) is 1.37. The fraction of sp³-hybridized carbons (Fsp3) is 0.846. The van der Waals surface area contributed by atoms with E-state index in [0.717, 1.165) is 36.9 Å². The molecule has 0 aliphatic heterocycles. The molecule has 5 nitrogen and oxygen atoms in total. The van der Waals surface area contributed by atoms with Crippen molar-refractivity contribution in [3.8, 4) is 0 Å². The second-order valence-corrected chi connectivity index (χ2v) is 6.16. The molecule has 1 aromatic heterocycles. The lowest BCUT2D eigenvalue weighted by molar-refractivity contribution is 0.0691. The normalized spacial score (nSPS) is 11.8. The van der Waals surface area contributed by atoms with E-state index in [0.29, 0.717) is 13.2 Å². The van der Waals surface area contributed by atoms with Gasteiger partial charge in [-0.25, -0.2) is 4.98 Å². The second kappa shape index (κ2) is 8.45. The minimum absolute atomic E-state index is 0.0195. The molecule has 0 spiro atoms. The van der Waals surface area contributed by atoms with Gasteiger partial charge in [-0.15, -0.1) is 0 Å². The molecule has 0 atom stereocenters. The van der Waals surface area contributed by atoms with E-state index in [9.17, 15) is 0 Å². The molecule has 0 aromatic carbocycles. The Morgan fingerprint density at radius 1 is 1.16 bits per heavy atom. The standard InChI is InChI=1S/C13H25N3O2S/c1-13(2,3)11-15-12(19-16-11)14-7-5-6-8-18-10-9-17-4/h5-10H2,1-4H3,(H,14,15,16). The van der Waals surface area contributed by atoms with Crippen molar-refractivity contribution in [1.82, 2.24) is 9.36 Å². The van der Waals surface area contributed by atoms with Crippen LogP contribution in [0.5, 0.6) is 0 Å². The van der Waals surface area contributed by atoms with Crippen LogP contribution in [-0.2, 0) is 14.9 Å². The molecular weight excluding hydrogens is 262 g/mol. The van der Waals surface area contributed by atoms with Gasteiger partial charge in [0.2, 0.25) is 5.13 Å². The molecule has 1 N–H and O–H groups in total. The van der Waals surface area contributed by atoms with Gasteiger partial charge < -0.3 is 14.8 Å². The van der Waals surface area contributed by atoms with Gasteiger partial charge in [0.1, 0.15) is 5.82 Å². The molecule has 0 amide bonds. The van der Waals surface area contributed by atoms with Crippen LogP contribution in [0.15, 0.2) is 0 Å². The van der Waals surface area contributed by atoms with Crippen LogP contribution < -0.4 is 5.32 Å². The number of nitrogens with one attached hydrogen (secondary N) is 1. The molecule has 0 fully saturated rings. The summed E-state index contributed by atoms with van der Waals surface area (Å²) in [4.78, 5) is 4.49. The molecule has 0 saturated carbocycles. The molecule has 0 bridgehead atoms. The molecule has 0 aliphatic rings. The second-order valence-electron chi connectivity index (χ2n) is 5.41. The largest absolute Gasteiger partial charge is 0.382 e. The van der Waals surface area contributed by atoms with Gasteiger partial charge in [0.25, 0.3) is 0 Å². The Morgan fingerprint density at radius 2 is 1.95 bits per heavy atom. The van der Waals surface area contributed by atoms with E-state index in [1.165, 1.54) is 11.5 Å². The Kier molecular flexibility index (Phi) is 7.27. The number of methoxy groups -OCH3 is 1. The third kappa shape index (κ3) is 6.84. The van der Waals surface area contributed by atoms with Crippen molar-refractivity contribution in [2.24, 2.45) is 0 Å². The van der Waals surface area contributed by atoms with Gasteiger partial charge in [-0.3, -0.25) is 0 Å². The first kappa shape index (κ1) is 16.3. The minimum atomic E-state index is 0.0195. The average Bonchev–Trinajstić information content (AvgIpc) is 2.81. The van der Waals surface area contributed by atoms with E-state index < -0.39 is 0 Å². The van der Waals surface area contributed by atoms with Crippen molar-refractivity contribution in [2.45, 2.75) is 39.0 Å². The predicted octanol–water partition coefficient (Wildman–Crippen LogP) is 2.69. The molecule has 1 heterocycles. The van der Waals surface area contributed by atoms with E-state index in [1.54, 1.807) is 7.11 Å². The van der Waals surface area contributed by atoms with E-state index in [-0.39, 0.29) is 5.41 Å². The van der Waals surface area contributed by atoms with Crippen molar-refractivity contribution in [3.63, 3.8) is 0 Å². The molecule has 1 rings (SSSR count). The Hall–Kier alpha value is -0.720. The molecule has 1 aromatic rings. The molecule has 6 heteroatoms. The van der Waals surface area contributed by atoms with Crippen molar-refractivity contribution in [2.75, 3.05) is 38.8 Å². The number of rotatable bonds is 9. The summed E-state index contributed by atoms with van der Waals surface area (Å²) in [6, 6.07) is 0. The Balaban J connectivity index is 2.08. The highest BCUT2D eigenvalue weighted by atomic mass is 32.1. The summed E-state index contributed by atoms with van der Waals surface area (Å²) in [5.41, 5.74) is 0.0195. The van der Waals surface area contributed by atoms with E-state index in [4.69, 9.17) is 9.47 Å². The molecular formula is C13H25N3O2S. The summed E-state index contributed by atoms with van der Waals surface area (Å²) in [6.07, 6.45) is 2.11. The molecule has 0 aliphatic carbocycles. The van der Waals surface area contributed by atoms with Crippen LogP contribution in [0.3, 0.4) is 0 Å². The number of unbranched alkanes of at least 4 members (excludes halogenated alkanes) is 1. The molecule has 19 heavy (non-hydrogen) atoms. The zero-order valence-corrected chi connectivity index (χ0v) is 13.2. The maximum absolute atomic E-state index is 5.40. The summed E-state index contributed by atoms with van der Waals surface area (Å²) in [6.45, 7) is 9.40. The number of hydrogen-bond donors (Lipinski definition) is 1. The van der Waals surface area contributed by atoms with Gasteiger partial charge in [-0.05, 0) is 12.8 Å². The summed E-state index contributed by atoms with van der Waals surface area (Å²) in [7, 11) is 1.68. The number of aromatic nitrogens is 2. The minimum Gasteiger partial charge on any atom is -0.382 e. The predicted molar refractivity (Wildman–Crippen MR) is 79.0 cm³/mol. The molecule has 0 unspecified atom stereocenters. The first-order valence-electron chi connectivity index (χ1n) is 6.69. The fourth-order valence-corrected chi connectivity index (χ4v) is 2.15. The molecule has 0 radical (unpaired) electrons. The maximum Gasteiger partial charge on any atom is 0.202 e. The smallest absolute Gasteiger partial charge is 0.202 e. The van der Waals surface area contributed by atoms with Gasteiger partial charge in [0, 0.05) is 37.2 Å². The SMILES string of the molecule is COCCOCCCCNc1nc(C(C)(C)C)ns1. The lowest BCUT2D eigenvalue weighted by Gasteiger charge is -2.12. The van der Waals surface area contributed by atoms with Gasteiger partial charge >= 0.3 is 0 Å². The van der Waals surface area contributed by atoms with Crippen molar-refractivity contribution >= 4 is 16.7 Å². The van der Waals surface area contributed by atoms with Crippen LogP contribution >= 0.6 is 11.5 Å². The first-order chi connectivity index (χ1) is 9.04. The number of ether oxygens (including phenoxy) is 2. The summed E-state index contributed by atoms with van der Waals surface area (Å²) < 4.78 is 14.7. The topological polar surface area (TPSA) is 56.3 Å². The highest BCUT2D eigenvalue weighted by molar-refractivity contribution is 7.09. The van der Waals surface area contributed by atoms with Crippen LogP contribution in [0.1, 0.15) is 39.4 Å². The summed E-state index contributed by atoms with van der Waals surface area (Å²) in [5, 5.41) is 4.21.